The SMILES string of the molecule is Cc1c(C(=O)N2CCC3(CCC3)C2)cnn1CC(C)C. The van der Waals surface area contributed by atoms with Gasteiger partial charge in [-0.25, -0.2) is 0 Å². The molecule has 0 unspecified atom stereocenters. The van der Waals surface area contributed by atoms with Crippen LogP contribution in [0.15, 0.2) is 6.20 Å². The minimum Gasteiger partial charge on any atom is -0.338 e. The minimum absolute atomic E-state index is 0.182. The van der Waals surface area contributed by atoms with Crippen molar-refractivity contribution in [2.45, 2.75) is 53.0 Å². The van der Waals surface area contributed by atoms with E-state index < -0.39 is 0 Å². The maximum absolute atomic E-state index is 12.7. The van der Waals surface area contributed by atoms with E-state index in [0.717, 1.165) is 30.9 Å². The second-order valence-corrected chi connectivity index (χ2v) is 7.05. The van der Waals surface area contributed by atoms with E-state index in [9.17, 15) is 4.79 Å². The molecule has 0 atom stereocenters. The summed E-state index contributed by atoms with van der Waals surface area (Å²) in [6.07, 6.45) is 6.90. The van der Waals surface area contributed by atoms with Crippen LogP contribution in [0.5, 0.6) is 0 Å². The molecule has 0 aromatic carbocycles. The lowest BCUT2D eigenvalue weighted by molar-refractivity contribution is 0.0731. The molecule has 110 valence electrons. The largest absolute Gasteiger partial charge is 0.338 e. The summed E-state index contributed by atoms with van der Waals surface area (Å²) in [4.78, 5) is 14.7. The Kier molecular flexibility index (Phi) is 3.35. The summed E-state index contributed by atoms with van der Waals surface area (Å²) in [5.74, 6) is 0.725. The van der Waals surface area contributed by atoms with E-state index in [1.807, 2.05) is 16.5 Å². The number of likely N-dealkylation sites (tertiary alicyclic amines) is 1. The van der Waals surface area contributed by atoms with Crippen LogP contribution in [-0.2, 0) is 6.54 Å². The van der Waals surface area contributed by atoms with Crippen molar-refractivity contribution in [1.82, 2.24) is 14.7 Å². The normalized spacial score (nSPS) is 20.7. The van der Waals surface area contributed by atoms with E-state index >= 15 is 0 Å². The molecule has 0 N–H and O–H groups in total. The first-order valence-electron chi connectivity index (χ1n) is 7.82. The summed E-state index contributed by atoms with van der Waals surface area (Å²) in [6, 6.07) is 0. The van der Waals surface area contributed by atoms with Gasteiger partial charge in [-0.2, -0.15) is 5.10 Å². The lowest BCUT2D eigenvalue weighted by Gasteiger charge is -2.37. The number of hydrogen-bond donors (Lipinski definition) is 0. The van der Waals surface area contributed by atoms with Crippen LogP contribution in [0.2, 0.25) is 0 Å². The van der Waals surface area contributed by atoms with Gasteiger partial charge in [0.05, 0.1) is 11.8 Å². The van der Waals surface area contributed by atoms with Crippen LogP contribution in [0.3, 0.4) is 0 Å². The van der Waals surface area contributed by atoms with Gasteiger partial charge >= 0.3 is 0 Å². The first-order valence-corrected chi connectivity index (χ1v) is 7.82. The van der Waals surface area contributed by atoms with E-state index in [0.29, 0.717) is 11.3 Å². The number of carbonyl (C=O) groups is 1. The summed E-state index contributed by atoms with van der Waals surface area (Å²) < 4.78 is 1.97. The standard InChI is InChI=1S/C16H25N3O/c1-12(2)10-19-13(3)14(9-17-19)15(20)18-8-7-16(11-18)5-4-6-16/h9,12H,4-8,10-11H2,1-3H3. The van der Waals surface area contributed by atoms with Crippen molar-refractivity contribution in [3.63, 3.8) is 0 Å². The highest BCUT2D eigenvalue weighted by atomic mass is 16.2. The van der Waals surface area contributed by atoms with Gasteiger partial charge in [-0.1, -0.05) is 20.3 Å². The fraction of sp³-hybridized carbons (Fsp3) is 0.750. The van der Waals surface area contributed by atoms with Crippen molar-refractivity contribution in [3.8, 4) is 0 Å². The number of amides is 1. The molecule has 4 nitrogen and oxygen atoms in total. The number of aromatic nitrogens is 2. The Hall–Kier alpha value is -1.32. The van der Waals surface area contributed by atoms with Gasteiger partial charge in [0.1, 0.15) is 0 Å². The van der Waals surface area contributed by atoms with Crippen molar-refractivity contribution in [2.75, 3.05) is 13.1 Å². The fourth-order valence-electron chi connectivity index (χ4n) is 3.55. The molecule has 1 aromatic heterocycles. The molecule has 1 spiro atoms. The summed E-state index contributed by atoms with van der Waals surface area (Å²) in [5.41, 5.74) is 2.28. The maximum atomic E-state index is 12.7. The summed E-state index contributed by atoms with van der Waals surface area (Å²) in [7, 11) is 0. The Morgan fingerprint density at radius 1 is 1.40 bits per heavy atom. The first kappa shape index (κ1) is 13.7. The molecule has 1 saturated heterocycles. The van der Waals surface area contributed by atoms with Crippen molar-refractivity contribution in [2.24, 2.45) is 11.3 Å². The minimum atomic E-state index is 0.182. The summed E-state index contributed by atoms with van der Waals surface area (Å²) in [6.45, 7) is 9.11. The van der Waals surface area contributed by atoms with Gasteiger partial charge in [0, 0.05) is 25.3 Å². The number of hydrogen-bond acceptors (Lipinski definition) is 2. The molecule has 4 heteroatoms. The molecule has 2 heterocycles. The van der Waals surface area contributed by atoms with Gasteiger partial charge in [-0.05, 0) is 37.5 Å². The van der Waals surface area contributed by atoms with E-state index in [-0.39, 0.29) is 5.91 Å². The number of nitrogens with zero attached hydrogens (tertiary/aromatic N) is 3. The Morgan fingerprint density at radius 3 is 2.70 bits per heavy atom. The van der Waals surface area contributed by atoms with E-state index in [2.05, 4.69) is 18.9 Å². The zero-order valence-electron chi connectivity index (χ0n) is 12.9. The topological polar surface area (TPSA) is 38.1 Å². The Bertz CT molecular complexity index is 514. The lowest BCUT2D eigenvalue weighted by atomic mass is 9.68. The van der Waals surface area contributed by atoms with Gasteiger partial charge in [-0.3, -0.25) is 9.48 Å². The van der Waals surface area contributed by atoms with Crippen LogP contribution in [0.4, 0.5) is 0 Å². The Balaban J connectivity index is 1.73. The Morgan fingerprint density at radius 2 is 2.15 bits per heavy atom. The highest BCUT2D eigenvalue weighted by Gasteiger charge is 2.44. The number of rotatable bonds is 3. The second kappa shape index (κ2) is 4.90. The van der Waals surface area contributed by atoms with Crippen molar-refractivity contribution >= 4 is 5.91 Å². The molecule has 2 fully saturated rings. The average molecular weight is 275 g/mol. The highest BCUT2D eigenvalue weighted by Crippen LogP contribution is 2.48. The predicted molar refractivity (Wildman–Crippen MR) is 78.6 cm³/mol. The van der Waals surface area contributed by atoms with Crippen LogP contribution in [0.25, 0.3) is 0 Å². The zero-order chi connectivity index (χ0) is 14.3. The molecular formula is C16H25N3O. The molecule has 1 aliphatic carbocycles. The lowest BCUT2D eigenvalue weighted by Crippen LogP contribution is -2.36. The third-order valence-corrected chi connectivity index (χ3v) is 5.01. The Labute approximate surface area is 121 Å². The second-order valence-electron chi connectivity index (χ2n) is 7.05. The molecule has 1 aromatic rings. The maximum Gasteiger partial charge on any atom is 0.257 e. The number of carbonyl (C=O) groups excluding carboxylic acids is 1. The molecule has 2 aliphatic rings. The van der Waals surface area contributed by atoms with Gasteiger partial charge < -0.3 is 4.90 Å². The van der Waals surface area contributed by atoms with Gasteiger partial charge in [0.15, 0.2) is 0 Å². The summed E-state index contributed by atoms with van der Waals surface area (Å²) in [5, 5.41) is 4.39. The summed E-state index contributed by atoms with van der Waals surface area (Å²) >= 11 is 0. The third-order valence-electron chi connectivity index (χ3n) is 5.01. The zero-order valence-corrected chi connectivity index (χ0v) is 12.9. The predicted octanol–water partition coefficient (Wildman–Crippen LogP) is 2.86. The molecule has 20 heavy (non-hydrogen) atoms. The first-order chi connectivity index (χ1) is 9.51. The van der Waals surface area contributed by atoms with E-state index in [4.69, 9.17) is 0 Å². The van der Waals surface area contributed by atoms with Crippen LogP contribution >= 0.6 is 0 Å². The smallest absolute Gasteiger partial charge is 0.257 e. The van der Waals surface area contributed by atoms with Crippen molar-refractivity contribution in [3.05, 3.63) is 17.5 Å². The molecule has 3 rings (SSSR count). The van der Waals surface area contributed by atoms with Crippen molar-refractivity contribution in [1.29, 1.82) is 0 Å². The molecule has 0 bridgehead atoms. The molecule has 1 amide bonds. The van der Waals surface area contributed by atoms with E-state index in [1.165, 1.54) is 25.7 Å². The quantitative estimate of drug-likeness (QED) is 0.850. The van der Waals surface area contributed by atoms with Crippen LogP contribution in [0, 0.1) is 18.3 Å². The molecule has 0 radical (unpaired) electrons. The highest BCUT2D eigenvalue weighted by molar-refractivity contribution is 5.95. The average Bonchev–Trinajstić information content (AvgIpc) is 2.93. The van der Waals surface area contributed by atoms with Crippen LogP contribution in [0.1, 0.15) is 55.6 Å². The van der Waals surface area contributed by atoms with Gasteiger partial charge in [0.2, 0.25) is 0 Å². The molecular weight excluding hydrogens is 250 g/mol. The van der Waals surface area contributed by atoms with Crippen molar-refractivity contribution < 1.29 is 4.79 Å². The molecule has 1 aliphatic heterocycles. The fourth-order valence-corrected chi connectivity index (χ4v) is 3.55. The van der Waals surface area contributed by atoms with Gasteiger partial charge in [-0.15, -0.1) is 0 Å². The molecule has 1 saturated carbocycles. The van der Waals surface area contributed by atoms with Crippen LogP contribution < -0.4 is 0 Å². The van der Waals surface area contributed by atoms with E-state index in [1.54, 1.807) is 6.20 Å². The monoisotopic (exact) mass is 275 g/mol. The third kappa shape index (κ3) is 2.25. The van der Waals surface area contributed by atoms with Gasteiger partial charge in [0.25, 0.3) is 5.91 Å². The van der Waals surface area contributed by atoms with Crippen LogP contribution in [-0.4, -0.2) is 33.7 Å².